The summed E-state index contributed by atoms with van der Waals surface area (Å²) in [5.74, 6) is 1.09. The number of benzene rings is 1. The number of hydrogen-bond acceptors (Lipinski definition) is 3. The van der Waals surface area contributed by atoms with Gasteiger partial charge in [0.25, 0.3) is 5.82 Å². The number of para-hydroxylation sites is 1. The minimum Gasteiger partial charge on any atom is -0.417 e. The molecule has 6 rings (SSSR count). The SMILES string of the molecule is c1ccc(-n2c3[n+](c4oc5cccnc5c42)Cc2ncccc2-3)cc1. The van der Waals surface area contributed by atoms with Crippen LogP contribution in [0.2, 0.25) is 0 Å². The summed E-state index contributed by atoms with van der Waals surface area (Å²) in [5, 5.41) is 0. The van der Waals surface area contributed by atoms with E-state index in [1.165, 1.54) is 0 Å². The molecule has 25 heavy (non-hydrogen) atoms. The molecular formula is C20H13N4O+. The van der Waals surface area contributed by atoms with Crippen LogP contribution in [0.4, 0.5) is 0 Å². The number of hydrogen-bond donors (Lipinski definition) is 0. The molecule has 0 radical (unpaired) electrons. The van der Waals surface area contributed by atoms with Crippen LogP contribution < -0.4 is 4.57 Å². The first-order chi connectivity index (χ1) is 12.4. The van der Waals surface area contributed by atoms with Gasteiger partial charge in [-0.3, -0.25) is 4.98 Å². The number of furan rings is 1. The van der Waals surface area contributed by atoms with Gasteiger partial charge >= 0.3 is 5.71 Å². The zero-order chi connectivity index (χ0) is 16.4. The fourth-order valence-corrected chi connectivity index (χ4v) is 3.77. The highest BCUT2D eigenvalue weighted by atomic mass is 16.3. The van der Waals surface area contributed by atoms with Crippen molar-refractivity contribution in [1.82, 2.24) is 14.5 Å². The van der Waals surface area contributed by atoms with E-state index in [1.54, 1.807) is 0 Å². The molecule has 5 heterocycles. The summed E-state index contributed by atoms with van der Waals surface area (Å²) < 4.78 is 10.6. The Morgan fingerprint density at radius 2 is 1.76 bits per heavy atom. The first-order valence-corrected chi connectivity index (χ1v) is 8.23. The summed E-state index contributed by atoms with van der Waals surface area (Å²) in [6, 6.07) is 18.3. The van der Waals surface area contributed by atoms with E-state index < -0.39 is 0 Å². The second-order valence-corrected chi connectivity index (χ2v) is 6.18. The number of fused-ring (bicyclic) bond motifs is 7. The average molecular weight is 325 g/mol. The van der Waals surface area contributed by atoms with Crippen molar-refractivity contribution in [3.63, 3.8) is 0 Å². The summed E-state index contributed by atoms with van der Waals surface area (Å²) in [6.45, 7) is 0.710. The molecule has 1 aromatic carbocycles. The van der Waals surface area contributed by atoms with Crippen molar-refractivity contribution in [3.05, 3.63) is 72.7 Å². The molecule has 0 saturated carbocycles. The van der Waals surface area contributed by atoms with Crippen LogP contribution in [0.5, 0.6) is 0 Å². The smallest absolute Gasteiger partial charge is 0.341 e. The molecule has 0 unspecified atom stereocenters. The topological polar surface area (TPSA) is 47.7 Å². The molecule has 0 amide bonds. The lowest BCUT2D eigenvalue weighted by atomic mass is 10.2. The summed E-state index contributed by atoms with van der Waals surface area (Å²) >= 11 is 0. The van der Waals surface area contributed by atoms with Crippen LogP contribution in [-0.4, -0.2) is 14.5 Å². The molecule has 0 atom stereocenters. The zero-order valence-corrected chi connectivity index (χ0v) is 13.3. The van der Waals surface area contributed by atoms with Crippen LogP contribution in [0.15, 0.2) is 71.4 Å². The van der Waals surface area contributed by atoms with Crippen LogP contribution >= 0.6 is 0 Å². The Hall–Kier alpha value is -3.47. The minimum absolute atomic E-state index is 0.710. The van der Waals surface area contributed by atoms with E-state index >= 15 is 0 Å². The van der Waals surface area contributed by atoms with Crippen LogP contribution in [-0.2, 0) is 6.54 Å². The third-order valence-corrected chi connectivity index (χ3v) is 4.79. The molecule has 5 aromatic rings. The average Bonchev–Trinajstić information content (AvgIpc) is 3.30. The van der Waals surface area contributed by atoms with Gasteiger partial charge in [0.1, 0.15) is 12.2 Å². The highest BCUT2D eigenvalue weighted by molar-refractivity contribution is 5.99. The fraction of sp³-hybridized carbons (Fsp3) is 0.0500. The third kappa shape index (κ3) is 1.59. The number of aromatic nitrogens is 4. The van der Waals surface area contributed by atoms with Crippen LogP contribution in [0, 0.1) is 0 Å². The van der Waals surface area contributed by atoms with Crippen molar-refractivity contribution in [1.29, 1.82) is 0 Å². The van der Waals surface area contributed by atoms with Gasteiger partial charge in [0.15, 0.2) is 11.1 Å². The highest BCUT2D eigenvalue weighted by Crippen LogP contribution is 2.36. The standard InChI is InChI=1S/C20H13N4O/c1-2-6-13(7-3-1)24-18-17-16(9-5-11-22-17)25-20(18)23-12-15-14(19(23)24)8-4-10-21-15/h1-11H,12H2/q+1. The number of pyridine rings is 2. The predicted molar refractivity (Wildman–Crippen MR) is 93.4 cm³/mol. The Kier molecular flexibility index (Phi) is 2.34. The predicted octanol–water partition coefficient (Wildman–Crippen LogP) is 3.48. The Morgan fingerprint density at radius 3 is 2.68 bits per heavy atom. The van der Waals surface area contributed by atoms with E-state index in [-0.39, 0.29) is 0 Å². The van der Waals surface area contributed by atoms with Crippen LogP contribution in [0.1, 0.15) is 5.69 Å². The lowest BCUT2D eigenvalue weighted by molar-refractivity contribution is -0.652. The van der Waals surface area contributed by atoms with E-state index in [2.05, 4.69) is 37.3 Å². The quantitative estimate of drug-likeness (QED) is 0.435. The van der Waals surface area contributed by atoms with Gasteiger partial charge < -0.3 is 4.42 Å². The van der Waals surface area contributed by atoms with E-state index in [4.69, 9.17) is 4.42 Å². The van der Waals surface area contributed by atoms with Gasteiger partial charge in [-0.2, -0.15) is 9.13 Å². The Labute approximate surface area is 142 Å². The lowest BCUT2D eigenvalue weighted by Gasteiger charge is -2.01. The molecule has 1 aliphatic rings. The van der Waals surface area contributed by atoms with Gasteiger partial charge in [-0.1, -0.05) is 18.2 Å². The molecule has 5 heteroatoms. The summed E-state index contributed by atoms with van der Waals surface area (Å²) in [4.78, 5) is 9.13. The Morgan fingerprint density at radius 1 is 0.920 bits per heavy atom. The van der Waals surface area contributed by atoms with Crippen molar-refractivity contribution in [3.8, 4) is 17.1 Å². The second kappa shape index (κ2) is 4.54. The van der Waals surface area contributed by atoms with Crippen molar-refractivity contribution in [2.45, 2.75) is 6.54 Å². The van der Waals surface area contributed by atoms with Gasteiger partial charge in [0.2, 0.25) is 5.52 Å². The largest absolute Gasteiger partial charge is 0.417 e. The van der Waals surface area contributed by atoms with Crippen molar-refractivity contribution < 1.29 is 8.98 Å². The van der Waals surface area contributed by atoms with Crippen molar-refractivity contribution >= 4 is 22.3 Å². The number of nitrogens with zero attached hydrogens (tertiary/aromatic N) is 4. The van der Waals surface area contributed by atoms with Crippen molar-refractivity contribution in [2.24, 2.45) is 0 Å². The molecule has 0 fully saturated rings. The maximum Gasteiger partial charge on any atom is 0.341 e. The molecule has 1 aliphatic heterocycles. The second-order valence-electron chi connectivity index (χ2n) is 6.18. The van der Waals surface area contributed by atoms with Gasteiger partial charge in [0, 0.05) is 12.4 Å². The molecule has 4 aromatic heterocycles. The van der Waals surface area contributed by atoms with E-state index in [9.17, 15) is 0 Å². The molecule has 0 spiro atoms. The first-order valence-electron chi connectivity index (χ1n) is 8.23. The highest BCUT2D eigenvalue weighted by Gasteiger charge is 2.39. The summed E-state index contributed by atoms with van der Waals surface area (Å²) in [6.07, 6.45) is 3.65. The van der Waals surface area contributed by atoms with Crippen molar-refractivity contribution in [2.75, 3.05) is 0 Å². The Balaban J connectivity index is 1.84. The van der Waals surface area contributed by atoms with Gasteiger partial charge in [-0.25, -0.2) is 4.98 Å². The molecular weight excluding hydrogens is 312 g/mol. The fourth-order valence-electron chi connectivity index (χ4n) is 3.77. The maximum absolute atomic E-state index is 6.18. The molecule has 5 nitrogen and oxygen atoms in total. The molecule has 118 valence electrons. The third-order valence-electron chi connectivity index (χ3n) is 4.79. The Bertz CT molecular complexity index is 1270. The summed E-state index contributed by atoms with van der Waals surface area (Å²) in [5.41, 5.74) is 6.83. The zero-order valence-electron chi connectivity index (χ0n) is 13.3. The number of imidazole rings is 1. The molecule has 0 N–H and O–H groups in total. The van der Waals surface area contributed by atoms with Gasteiger partial charge in [0.05, 0.1) is 11.3 Å². The molecule has 0 bridgehead atoms. The summed E-state index contributed by atoms with van der Waals surface area (Å²) in [7, 11) is 0. The molecule has 0 aliphatic carbocycles. The lowest BCUT2D eigenvalue weighted by Crippen LogP contribution is -2.31. The van der Waals surface area contributed by atoms with Gasteiger partial charge in [-0.05, 0) is 36.4 Å². The maximum atomic E-state index is 6.18. The first kappa shape index (κ1) is 12.9. The van der Waals surface area contributed by atoms with E-state index in [1.807, 2.05) is 48.8 Å². The van der Waals surface area contributed by atoms with E-state index in [0.29, 0.717) is 6.54 Å². The van der Waals surface area contributed by atoms with E-state index in [0.717, 1.165) is 45.1 Å². The normalized spacial score (nSPS) is 12.6. The number of rotatable bonds is 1. The van der Waals surface area contributed by atoms with Crippen LogP contribution in [0.25, 0.3) is 39.4 Å². The van der Waals surface area contributed by atoms with Crippen LogP contribution in [0.3, 0.4) is 0 Å². The molecule has 0 saturated heterocycles. The monoisotopic (exact) mass is 325 g/mol. The van der Waals surface area contributed by atoms with Gasteiger partial charge in [-0.15, -0.1) is 0 Å². The minimum atomic E-state index is 0.710.